The Morgan fingerprint density at radius 1 is 0.947 bits per heavy atom. The predicted octanol–water partition coefficient (Wildman–Crippen LogP) is 2.97. The molecule has 0 spiro atoms. The Morgan fingerprint density at radius 2 is 1.37 bits per heavy atom. The summed E-state index contributed by atoms with van der Waals surface area (Å²) in [7, 11) is 0. The molecule has 0 unspecified atom stereocenters. The molecule has 1 amide bonds. The molecule has 1 rings (SSSR count). The van der Waals surface area contributed by atoms with E-state index in [1.807, 2.05) is 41.5 Å². The van der Waals surface area contributed by atoms with Gasteiger partial charge in [0.1, 0.15) is 0 Å². The van der Waals surface area contributed by atoms with Gasteiger partial charge in [-0.3, -0.25) is 9.59 Å². The van der Waals surface area contributed by atoms with Crippen LogP contribution < -0.4 is 0 Å². The zero-order valence-corrected chi connectivity index (χ0v) is 12.8. The summed E-state index contributed by atoms with van der Waals surface area (Å²) in [6.07, 6.45) is 0. The molecule has 0 bridgehead atoms. The van der Waals surface area contributed by atoms with Gasteiger partial charge in [-0.25, -0.2) is 0 Å². The lowest BCUT2D eigenvalue weighted by molar-refractivity contribution is -0.126. The lowest BCUT2D eigenvalue weighted by Gasteiger charge is -2.20. The molecule has 0 saturated carbocycles. The van der Waals surface area contributed by atoms with Gasteiger partial charge in [0.05, 0.1) is 0 Å². The van der Waals surface area contributed by atoms with Gasteiger partial charge in [-0.05, 0) is 63.8 Å². The van der Waals surface area contributed by atoms with Gasteiger partial charge in [0.15, 0.2) is 0 Å². The molecule has 0 aliphatic carbocycles. The standard InChI is InChI=1S/C16H23NO2/c1-7-17(8-2)16(19)15(18)14-12(5)10(3)9-11(4)13(14)6/h9H,7-8H2,1-6H3. The summed E-state index contributed by atoms with van der Waals surface area (Å²) in [5.41, 5.74) is 4.51. The van der Waals surface area contributed by atoms with Crippen LogP contribution >= 0.6 is 0 Å². The zero-order valence-electron chi connectivity index (χ0n) is 12.8. The molecular weight excluding hydrogens is 238 g/mol. The van der Waals surface area contributed by atoms with E-state index in [9.17, 15) is 9.59 Å². The first-order chi connectivity index (χ1) is 8.84. The van der Waals surface area contributed by atoms with Gasteiger partial charge in [-0.15, -0.1) is 0 Å². The highest BCUT2D eigenvalue weighted by molar-refractivity contribution is 6.43. The summed E-state index contributed by atoms with van der Waals surface area (Å²) in [6, 6.07) is 2.06. The van der Waals surface area contributed by atoms with E-state index in [0.717, 1.165) is 22.3 Å². The quantitative estimate of drug-likeness (QED) is 0.617. The predicted molar refractivity (Wildman–Crippen MR) is 77.6 cm³/mol. The highest BCUT2D eigenvalue weighted by atomic mass is 16.2. The lowest BCUT2D eigenvalue weighted by atomic mass is 9.91. The minimum atomic E-state index is -0.402. The topological polar surface area (TPSA) is 37.4 Å². The van der Waals surface area contributed by atoms with E-state index in [4.69, 9.17) is 0 Å². The number of hydrogen-bond acceptors (Lipinski definition) is 2. The van der Waals surface area contributed by atoms with Crippen molar-refractivity contribution in [3.8, 4) is 0 Å². The molecule has 0 aliphatic rings. The second kappa shape index (κ2) is 6.00. The first-order valence-electron chi connectivity index (χ1n) is 6.76. The van der Waals surface area contributed by atoms with Gasteiger partial charge < -0.3 is 4.90 Å². The molecule has 0 N–H and O–H groups in total. The van der Waals surface area contributed by atoms with Crippen LogP contribution in [0.25, 0.3) is 0 Å². The normalized spacial score (nSPS) is 10.4. The molecule has 19 heavy (non-hydrogen) atoms. The van der Waals surface area contributed by atoms with Crippen molar-refractivity contribution in [2.24, 2.45) is 0 Å². The van der Waals surface area contributed by atoms with Gasteiger partial charge in [0, 0.05) is 18.7 Å². The third-order valence-corrected chi connectivity index (χ3v) is 3.84. The number of likely N-dealkylation sites (N-methyl/N-ethyl adjacent to an activating group) is 1. The molecule has 0 saturated heterocycles. The number of nitrogens with zero attached hydrogens (tertiary/aromatic N) is 1. The van der Waals surface area contributed by atoms with Crippen molar-refractivity contribution < 1.29 is 9.59 Å². The molecule has 0 atom stereocenters. The highest BCUT2D eigenvalue weighted by Gasteiger charge is 2.25. The van der Waals surface area contributed by atoms with Gasteiger partial charge in [-0.2, -0.15) is 0 Å². The third-order valence-electron chi connectivity index (χ3n) is 3.84. The first-order valence-corrected chi connectivity index (χ1v) is 6.76. The van der Waals surface area contributed by atoms with Gasteiger partial charge >= 0.3 is 0 Å². The van der Waals surface area contributed by atoms with Crippen LogP contribution in [0.2, 0.25) is 0 Å². The number of hydrogen-bond donors (Lipinski definition) is 0. The SMILES string of the molecule is CCN(CC)C(=O)C(=O)c1c(C)c(C)cc(C)c1C. The molecule has 3 heteroatoms. The maximum Gasteiger partial charge on any atom is 0.294 e. The Bertz CT molecular complexity index is 488. The number of ketones is 1. The van der Waals surface area contributed by atoms with Crippen LogP contribution in [0.1, 0.15) is 46.5 Å². The fraction of sp³-hybridized carbons (Fsp3) is 0.500. The number of benzene rings is 1. The molecule has 0 heterocycles. The second-order valence-electron chi connectivity index (χ2n) is 4.94. The van der Waals surface area contributed by atoms with Crippen LogP contribution in [-0.4, -0.2) is 29.7 Å². The third kappa shape index (κ3) is 2.86. The van der Waals surface area contributed by atoms with Crippen molar-refractivity contribution in [2.45, 2.75) is 41.5 Å². The molecule has 3 nitrogen and oxygen atoms in total. The number of rotatable bonds is 4. The maximum absolute atomic E-state index is 12.5. The fourth-order valence-electron chi connectivity index (χ4n) is 2.32. The Balaban J connectivity index is 3.31. The summed E-state index contributed by atoms with van der Waals surface area (Å²) in [5.74, 6) is -0.785. The molecule has 0 radical (unpaired) electrons. The molecule has 0 fully saturated rings. The van der Waals surface area contributed by atoms with E-state index in [0.29, 0.717) is 18.7 Å². The zero-order chi connectivity index (χ0) is 14.7. The van der Waals surface area contributed by atoms with Crippen molar-refractivity contribution in [1.29, 1.82) is 0 Å². The summed E-state index contributed by atoms with van der Waals surface area (Å²) < 4.78 is 0. The summed E-state index contributed by atoms with van der Waals surface area (Å²) >= 11 is 0. The molecule has 1 aromatic rings. The summed E-state index contributed by atoms with van der Waals surface area (Å²) in [6.45, 7) is 12.6. The van der Waals surface area contributed by atoms with E-state index >= 15 is 0 Å². The van der Waals surface area contributed by atoms with E-state index in [2.05, 4.69) is 6.07 Å². The molecule has 1 aromatic carbocycles. The largest absolute Gasteiger partial charge is 0.336 e. The van der Waals surface area contributed by atoms with Crippen LogP contribution in [0.3, 0.4) is 0 Å². The van der Waals surface area contributed by atoms with Crippen molar-refractivity contribution in [1.82, 2.24) is 4.90 Å². The van der Waals surface area contributed by atoms with Crippen molar-refractivity contribution in [2.75, 3.05) is 13.1 Å². The second-order valence-corrected chi connectivity index (χ2v) is 4.94. The molecular formula is C16H23NO2. The van der Waals surface area contributed by atoms with Crippen LogP contribution in [0.5, 0.6) is 0 Å². The Labute approximate surface area is 115 Å². The van der Waals surface area contributed by atoms with Crippen LogP contribution in [0.4, 0.5) is 0 Å². The van der Waals surface area contributed by atoms with Crippen molar-refractivity contribution in [3.05, 3.63) is 33.9 Å². The minimum absolute atomic E-state index is 0.384. The maximum atomic E-state index is 12.5. The van der Waals surface area contributed by atoms with Crippen LogP contribution in [-0.2, 0) is 4.79 Å². The van der Waals surface area contributed by atoms with Crippen LogP contribution in [0, 0.1) is 27.7 Å². The molecule has 0 aromatic heterocycles. The highest BCUT2D eigenvalue weighted by Crippen LogP contribution is 2.22. The number of carbonyl (C=O) groups is 2. The summed E-state index contributed by atoms with van der Waals surface area (Å²) in [5, 5.41) is 0. The molecule has 0 aliphatic heterocycles. The van der Waals surface area contributed by atoms with E-state index in [-0.39, 0.29) is 5.78 Å². The van der Waals surface area contributed by atoms with E-state index < -0.39 is 5.91 Å². The average molecular weight is 261 g/mol. The monoisotopic (exact) mass is 261 g/mol. The van der Waals surface area contributed by atoms with E-state index in [1.54, 1.807) is 4.90 Å². The number of Topliss-reactive ketones (excluding diaryl/α,β-unsaturated/α-hetero) is 1. The first kappa shape index (κ1) is 15.4. The van der Waals surface area contributed by atoms with Gasteiger partial charge in [-0.1, -0.05) is 6.07 Å². The Hall–Kier alpha value is -1.64. The smallest absolute Gasteiger partial charge is 0.294 e. The van der Waals surface area contributed by atoms with Gasteiger partial charge in [0.25, 0.3) is 11.7 Å². The van der Waals surface area contributed by atoms with Gasteiger partial charge in [0.2, 0.25) is 0 Å². The number of aryl methyl sites for hydroxylation is 2. The Morgan fingerprint density at radius 3 is 1.74 bits per heavy atom. The summed E-state index contributed by atoms with van der Waals surface area (Å²) in [4.78, 5) is 26.2. The number of carbonyl (C=O) groups excluding carboxylic acids is 2. The van der Waals surface area contributed by atoms with Crippen LogP contribution in [0.15, 0.2) is 6.07 Å². The number of amides is 1. The minimum Gasteiger partial charge on any atom is -0.336 e. The van der Waals surface area contributed by atoms with E-state index in [1.165, 1.54) is 0 Å². The Kier molecular flexibility index (Phi) is 4.87. The fourth-order valence-corrected chi connectivity index (χ4v) is 2.32. The molecule has 104 valence electrons. The average Bonchev–Trinajstić information content (AvgIpc) is 2.37. The lowest BCUT2D eigenvalue weighted by Crippen LogP contribution is -2.37. The van der Waals surface area contributed by atoms with Crippen molar-refractivity contribution in [3.63, 3.8) is 0 Å². The van der Waals surface area contributed by atoms with Crippen molar-refractivity contribution >= 4 is 11.7 Å².